The van der Waals surface area contributed by atoms with E-state index in [4.69, 9.17) is 20.7 Å². The van der Waals surface area contributed by atoms with Gasteiger partial charge in [0.2, 0.25) is 5.95 Å². The molecule has 1 aliphatic heterocycles. The predicted molar refractivity (Wildman–Crippen MR) is 118 cm³/mol. The second-order valence-electron chi connectivity index (χ2n) is 7.34. The van der Waals surface area contributed by atoms with Crippen LogP contribution < -0.4 is 11.1 Å². The summed E-state index contributed by atoms with van der Waals surface area (Å²) in [6, 6.07) is 26.5. The molecule has 0 unspecified atom stereocenters. The van der Waals surface area contributed by atoms with E-state index < -0.39 is 6.17 Å². The summed E-state index contributed by atoms with van der Waals surface area (Å²) in [6.45, 7) is 0.692. The van der Waals surface area contributed by atoms with Crippen molar-refractivity contribution in [2.45, 2.75) is 12.7 Å². The van der Waals surface area contributed by atoms with Gasteiger partial charge in [-0.05, 0) is 29.8 Å². The Kier molecular flexibility index (Phi) is 3.61. The maximum Gasteiger partial charge on any atom is 0.212 e. The molecule has 0 bridgehead atoms. The minimum Gasteiger partial charge on any atom is -0.370 e. The number of nitrogens with two attached hydrogens (primary N) is 1. The molecule has 7 heteroatoms. The summed E-state index contributed by atoms with van der Waals surface area (Å²) in [7, 11) is 0. The largest absolute Gasteiger partial charge is 0.370 e. The van der Waals surface area contributed by atoms with Crippen molar-refractivity contribution in [1.82, 2.24) is 19.1 Å². The fraction of sp³-hybridized carbons (Fsp3) is 0.0870. The Hall–Kier alpha value is -4.13. The van der Waals surface area contributed by atoms with E-state index in [1.54, 1.807) is 0 Å². The molecule has 1 aliphatic rings. The fourth-order valence-electron chi connectivity index (χ4n) is 4.11. The number of rotatable bonds is 3. The van der Waals surface area contributed by atoms with Gasteiger partial charge in [-0.3, -0.25) is 9.88 Å². The van der Waals surface area contributed by atoms with Crippen molar-refractivity contribution >= 4 is 34.0 Å². The lowest BCUT2D eigenvalue weighted by Crippen LogP contribution is -2.32. The number of guanidine groups is 1. The molecule has 0 saturated carbocycles. The third-order valence-electron chi connectivity index (χ3n) is 5.44. The lowest BCUT2D eigenvalue weighted by atomic mass is 10.2. The van der Waals surface area contributed by atoms with E-state index in [1.807, 2.05) is 48.5 Å². The smallest absolute Gasteiger partial charge is 0.212 e. The van der Waals surface area contributed by atoms with Gasteiger partial charge in [0.25, 0.3) is 0 Å². The van der Waals surface area contributed by atoms with Gasteiger partial charge in [0.15, 0.2) is 17.9 Å². The minimum atomic E-state index is -0.412. The summed E-state index contributed by atoms with van der Waals surface area (Å²) in [5.74, 6) is 1.84. The molecule has 0 spiro atoms. The molecular weight excluding hydrogens is 374 g/mol. The Morgan fingerprint density at radius 2 is 1.47 bits per heavy atom. The number of aromatic nitrogens is 4. The van der Waals surface area contributed by atoms with Gasteiger partial charge in [0.1, 0.15) is 0 Å². The average Bonchev–Trinajstić information content (AvgIpc) is 3.32. The van der Waals surface area contributed by atoms with Crippen molar-refractivity contribution in [2.75, 3.05) is 5.32 Å². The zero-order valence-corrected chi connectivity index (χ0v) is 16.1. The Bertz CT molecular complexity index is 1410. The normalized spacial score (nSPS) is 15.7. The quantitative estimate of drug-likeness (QED) is 0.489. The van der Waals surface area contributed by atoms with Crippen molar-refractivity contribution in [3.63, 3.8) is 0 Å². The Morgan fingerprint density at radius 3 is 2.27 bits per heavy atom. The predicted octanol–water partition coefficient (Wildman–Crippen LogP) is 3.72. The van der Waals surface area contributed by atoms with Crippen LogP contribution in [0.2, 0.25) is 0 Å². The van der Waals surface area contributed by atoms with Crippen LogP contribution in [-0.2, 0) is 6.54 Å². The minimum absolute atomic E-state index is 0.334. The second kappa shape index (κ2) is 6.45. The molecule has 1 atom stereocenters. The van der Waals surface area contributed by atoms with Crippen molar-refractivity contribution in [3.8, 4) is 0 Å². The molecule has 0 fully saturated rings. The molecule has 0 radical (unpaired) electrons. The molecule has 2 aromatic heterocycles. The molecule has 0 aliphatic carbocycles. The lowest BCUT2D eigenvalue weighted by molar-refractivity contribution is 0.558. The van der Waals surface area contributed by atoms with Gasteiger partial charge in [-0.2, -0.15) is 0 Å². The molecule has 5 aromatic rings. The molecule has 3 aromatic carbocycles. The molecule has 3 N–H and O–H groups in total. The van der Waals surface area contributed by atoms with Crippen LogP contribution in [0, 0.1) is 0 Å². The van der Waals surface area contributed by atoms with Crippen LogP contribution in [0.1, 0.15) is 17.6 Å². The van der Waals surface area contributed by atoms with Crippen LogP contribution in [0.4, 0.5) is 5.95 Å². The number of anilines is 1. The van der Waals surface area contributed by atoms with Gasteiger partial charge < -0.3 is 10.3 Å². The first kappa shape index (κ1) is 16.8. The van der Waals surface area contributed by atoms with Crippen LogP contribution in [-0.4, -0.2) is 25.1 Å². The highest BCUT2D eigenvalue weighted by Gasteiger charge is 2.29. The number of fused-ring (bicyclic) bond motifs is 4. The topological polar surface area (TPSA) is 86.0 Å². The summed E-state index contributed by atoms with van der Waals surface area (Å²) < 4.78 is 4.28. The number of para-hydroxylation sites is 4. The van der Waals surface area contributed by atoms with Gasteiger partial charge in [-0.25, -0.2) is 15.0 Å². The van der Waals surface area contributed by atoms with Crippen LogP contribution in [0.3, 0.4) is 0 Å². The number of nitrogens with one attached hydrogen (secondary N) is 1. The molecule has 6 rings (SSSR count). The van der Waals surface area contributed by atoms with Crippen LogP contribution >= 0.6 is 0 Å². The summed E-state index contributed by atoms with van der Waals surface area (Å²) in [4.78, 5) is 14.4. The van der Waals surface area contributed by atoms with Crippen molar-refractivity contribution in [3.05, 3.63) is 90.3 Å². The van der Waals surface area contributed by atoms with Crippen LogP contribution in [0.15, 0.2) is 83.9 Å². The van der Waals surface area contributed by atoms with E-state index in [1.165, 1.54) is 5.56 Å². The van der Waals surface area contributed by atoms with Crippen LogP contribution in [0.5, 0.6) is 0 Å². The summed E-state index contributed by atoms with van der Waals surface area (Å²) in [5.41, 5.74) is 11.2. The first-order valence-corrected chi connectivity index (χ1v) is 9.84. The van der Waals surface area contributed by atoms with Crippen molar-refractivity contribution < 1.29 is 0 Å². The summed E-state index contributed by atoms with van der Waals surface area (Å²) in [6.07, 6.45) is -0.412. The van der Waals surface area contributed by atoms with Gasteiger partial charge in [-0.15, -0.1) is 0 Å². The Morgan fingerprint density at radius 1 is 0.800 bits per heavy atom. The standard InChI is InChI=1S/C23H19N7/c24-22-27-21(30-19-13-7-5-11-17(19)26-23(30)28-22)20-25-16-10-4-6-12-18(16)29(20)14-15-8-2-1-3-9-15/h1-13,21H,14H2,(H3,24,26,27,28)/t21-/m1/s1. The van der Waals surface area contributed by atoms with E-state index >= 15 is 0 Å². The lowest BCUT2D eigenvalue weighted by Gasteiger charge is -2.24. The van der Waals surface area contributed by atoms with Gasteiger partial charge in [-0.1, -0.05) is 54.6 Å². The zero-order valence-electron chi connectivity index (χ0n) is 16.1. The maximum atomic E-state index is 6.14. The Labute approximate surface area is 172 Å². The molecule has 7 nitrogen and oxygen atoms in total. The van der Waals surface area contributed by atoms with Crippen molar-refractivity contribution in [2.24, 2.45) is 10.7 Å². The van der Waals surface area contributed by atoms with Gasteiger partial charge >= 0.3 is 0 Å². The van der Waals surface area contributed by atoms with Crippen LogP contribution in [0.25, 0.3) is 22.1 Å². The molecule has 0 saturated heterocycles. The van der Waals surface area contributed by atoms with E-state index in [9.17, 15) is 0 Å². The zero-order chi connectivity index (χ0) is 20.1. The number of hydrogen-bond acceptors (Lipinski definition) is 5. The van der Waals surface area contributed by atoms with E-state index in [2.05, 4.69) is 44.8 Å². The first-order chi connectivity index (χ1) is 14.8. The third kappa shape index (κ3) is 2.56. The number of nitrogens with zero attached hydrogens (tertiary/aromatic N) is 5. The highest BCUT2D eigenvalue weighted by atomic mass is 15.4. The highest BCUT2D eigenvalue weighted by Crippen LogP contribution is 2.33. The third-order valence-corrected chi connectivity index (χ3v) is 5.44. The Balaban J connectivity index is 1.60. The number of aliphatic imine (C=N–C) groups is 1. The highest BCUT2D eigenvalue weighted by molar-refractivity contribution is 5.94. The number of benzene rings is 3. The molecule has 0 amide bonds. The molecular formula is C23H19N7. The molecule has 146 valence electrons. The second-order valence-corrected chi connectivity index (χ2v) is 7.34. The van der Waals surface area contributed by atoms with E-state index in [0.717, 1.165) is 27.9 Å². The SMILES string of the molecule is NC1=N[C@@H](c2nc3ccccc3n2Cc2ccccc2)n2c(nc3ccccc32)N1. The maximum absolute atomic E-state index is 6.14. The monoisotopic (exact) mass is 393 g/mol. The molecule has 3 heterocycles. The van der Waals surface area contributed by atoms with Gasteiger partial charge in [0.05, 0.1) is 22.1 Å². The van der Waals surface area contributed by atoms with E-state index in [-0.39, 0.29) is 0 Å². The molecule has 30 heavy (non-hydrogen) atoms. The summed E-state index contributed by atoms with van der Waals surface area (Å²) in [5, 5.41) is 3.09. The number of hydrogen-bond donors (Lipinski definition) is 2. The summed E-state index contributed by atoms with van der Waals surface area (Å²) >= 11 is 0. The fourth-order valence-corrected chi connectivity index (χ4v) is 4.11. The average molecular weight is 393 g/mol. The first-order valence-electron chi connectivity index (χ1n) is 9.84. The number of imidazole rings is 2. The van der Waals surface area contributed by atoms with Crippen molar-refractivity contribution in [1.29, 1.82) is 0 Å². The van der Waals surface area contributed by atoms with E-state index in [0.29, 0.717) is 18.5 Å². The van der Waals surface area contributed by atoms with Gasteiger partial charge in [0, 0.05) is 6.54 Å².